The average Bonchev–Trinajstić information content (AvgIpc) is 2.99. The summed E-state index contributed by atoms with van der Waals surface area (Å²) in [5.74, 6) is 3.31. The third-order valence-electron chi connectivity index (χ3n) is 4.54. The highest BCUT2D eigenvalue weighted by Crippen LogP contribution is 2.60. The van der Waals surface area contributed by atoms with Crippen molar-refractivity contribution in [3.63, 3.8) is 0 Å². The van der Waals surface area contributed by atoms with Crippen molar-refractivity contribution in [2.45, 2.75) is 30.6 Å². The van der Waals surface area contributed by atoms with Gasteiger partial charge in [-0.15, -0.1) is 11.8 Å². The molecule has 0 bridgehead atoms. The molecular weight excluding hydrogens is 226 g/mol. The molecule has 0 amide bonds. The third-order valence-corrected chi connectivity index (χ3v) is 5.55. The quantitative estimate of drug-likeness (QED) is 0.805. The second-order valence-electron chi connectivity index (χ2n) is 5.78. The molecule has 2 aliphatic carbocycles. The Bertz CT molecular complexity index is 366. The van der Waals surface area contributed by atoms with E-state index in [9.17, 15) is 0 Å². The zero-order chi connectivity index (χ0) is 11.7. The lowest BCUT2D eigenvalue weighted by molar-refractivity contribution is 0.266. The van der Waals surface area contributed by atoms with E-state index in [-0.39, 0.29) is 0 Å². The van der Waals surface area contributed by atoms with Crippen LogP contribution in [0.4, 0.5) is 0 Å². The van der Waals surface area contributed by atoms with E-state index >= 15 is 0 Å². The van der Waals surface area contributed by atoms with Gasteiger partial charge in [-0.2, -0.15) is 0 Å². The van der Waals surface area contributed by atoms with Crippen molar-refractivity contribution >= 4 is 11.8 Å². The maximum absolute atomic E-state index is 6.02. The first kappa shape index (κ1) is 11.6. The number of thioether (sulfide) groups is 1. The smallest absolute Gasteiger partial charge is 0.00719 e. The van der Waals surface area contributed by atoms with Gasteiger partial charge in [0.05, 0.1) is 0 Å². The molecule has 17 heavy (non-hydrogen) atoms. The summed E-state index contributed by atoms with van der Waals surface area (Å²) < 4.78 is 0. The fourth-order valence-electron chi connectivity index (χ4n) is 3.38. The second-order valence-corrected chi connectivity index (χ2v) is 6.95. The summed E-state index contributed by atoms with van der Waals surface area (Å²) in [5, 5.41) is 0. The maximum atomic E-state index is 6.02. The molecular formula is C15H21NS. The minimum absolute atomic E-state index is 0.495. The Labute approximate surface area is 108 Å². The van der Waals surface area contributed by atoms with Crippen LogP contribution in [0.2, 0.25) is 0 Å². The number of hydrogen-bond acceptors (Lipinski definition) is 2. The Morgan fingerprint density at radius 1 is 1.18 bits per heavy atom. The molecule has 0 aromatic heterocycles. The van der Waals surface area contributed by atoms with Gasteiger partial charge < -0.3 is 5.73 Å². The average molecular weight is 247 g/mol. The van der Waals surface area contributed by atoms with Gasteiger partial charge in [0.25, 0.3) is 0 Å². The highest BCUT2D eigenvalue weighted by atomic mass is 32.2. The van der Waals surface area contributed by atoms with Crippen LogP contribution < -0.4 is 5.73 Å². The minimum atomic E-state index is 0.495. The molecule has 3 rings (SSSR count). The van der Waals surface area contributed by atoms with Crippen molar-refractivity contribution in [1.29, 1.82) is 0 Å². The van der Waals surface area contributed by atoms with Gasteiger partial charge in [0, 0.05) is 4.90 Å². The number of benzene rings is 1. The van der Waals surface area contributed by atoms with Gasteiger partial charge in [-0.25, -0.2) is 0 Å². The maximum Gasteiger partial charge on any atom is 0.00719 e. The van der Waals surface area contributed by atoms with Gasteiger partial charge in [-0.1, -0.05) is 18.2 Å². The van der Waals surface area contributed by atoms with Crippen LogP contribution in [0, 0.1) is 17.3 Å². The topological polar surface area (TPSA) is 26.0 Å². The predicted molar refractivity (Wildman–Crippen MR) is 74.1 cm³/mol. The Balaban J connectivity index is 1.50. The Morgan fingerprint density at radius 2 is 1.88 bits per heavy atom. The van der Waals surface area contributed by atoms with Gasteiger partial charge in [0.15, 0.2) is 0 Å². The molecule has 0 spiro atoms. The molecule has 0 radical (unpaired) electrons. The van der Waals surface area contributed by atoms with E-state index in [1.54, 1.807) is 0 Å². The summed E-state index contributed by atoms with van der Waals surface area (Å²) in [6.07, 6.45) is 5.61. The van der Waals surface area contributed by atoms with Gasteiger partial charge in [0.2, 0.25) is 0 Å². The summed E-state index contributed by atoms with van der Waals surface area (Å²) >= 11 is 1.98. The second kappa shape index (κ2) is 4.66. The highest BCUT2D eigenvalue weighted by molar-refractivity contribution is 7.99. The lowest BCUT2D eigenvalue weighted by atomic mass is 9.80. The lowest BCUT2D eigenvalue weighted by Gasteiger charge is -2.29. The van der Waals surface area contributed by atoms with E-state index in [0.29, 0.717) is 5.41 Å². The van der Waals surface area contributed by atoms with Gasteiger partial charge in [-0.05, 0) is 67.4 Å². The van der Waals surface area contributed by atoms with Crippen LogP contribution in [0.3, 0.4) is 0 Å². The number of rotatable bonds is 5. The Kier molecular flexibility index (Phi) is 3.18. The van der Waals surface area contributed by atoms with Crippen LogP contribution in [-0.2, 0) is 0 Å². The van der Waals surface area contributed by atoms with Crippen LogP contribution in [0.5, 0.6) is 0 Å². The molecule has 2 N–H and O–H groups in total. The van der Waals surface area contributed by atoms with Crippen LogP contribution >= 0.6 is 11.8 Å². The van der Waals surface area contributed by atoms with E-state index in [4.69, 9.17) is 5.73 Å². The molecule has 1 aromatic rings. The predicted octanol–water partition coefficient (Wildman–Crippen LogP) is 3.54. The first-order chi connectivity index (χ1) is 8.31. The molecule has 1 nitrogen and oxygen atoms in total. The van der Waals surface area contributed by atoms with Crippen molar-refractivity contribution in [2.24, 2.45) is 23.0 Å². The SMILES string of the molecule is NCC1(CCSc2ccccc2)CC2CC2C1. The molecule has 92 valence electrons. The summed E-state index contributed by atoms with van der Waals surface area (Å²) in [6, 6.07) is 10.7. The highest BCUT2D eigenvalue weighted by Gasteiger charge is 2.52. The minimum Gasteiger partial charge on any atom is -0.330 e. The van der Waals surface area contributed by atoms with Crippen LogP contribution in [-0.4, -0.2) is 12.3 Å². The van der Waals surface area contributed by atoms with Crippen molar-refractivity contribution in [1.82, 2.24) is 0 Å². The molecule has 2 fully saturated rings. The number of nitrogens with two attached hydrogens (primary N) is 1. The first-order valence-corrected chi connectivity index (χ1v) is 7.68. The van der Waals surface area contributed by atoms with Gasteiger partial charge >= 0.3 is 0 Å². The first-order valence-electron chi connectivity index (χ1n) is 6.69. The fourth-order valence-corrected chi connectivity index (χ4v) is 4.50. The van der Waals surface area contributed by atoms with Crippen LogP contribution in [0.1, 0.15) is 25.7 Å². The number of fused-ring (bicyclic) bond motifs is 1. The monoisotopic (exact) mass is 247 g/mol. The van der Waals surface area contributed by atoms with Gasteiger partial charge in [0.1, 0.15) is 0 Å². The molecule has 2 unspecified atom stereocenters. The van der Waals surface area contributed by atoms with Crippen molar-refractivity contribution in [3.8, 4) is 0 Å². The normalized spacial score (nSPS) is 34.6. The lowest BCUT2D eigenvalue weighted by Crippen LogP contribution is -2.29. The van der Waals surface area contributed by atoms with Crippen LogP contribution in [0.15, 0.2) is 35.2 Å². The van der Waals surface area contributed by atoms with Crippen molar-refractivity contribution in [2.75, 3.05) is 12.3 Å². The molecule has 0 heterocycles. The van der Waals surface area contributed by atoms with E-state index in [0.717, 1.165) is 18.4 Å². The molecule has 2 aliphatic rings. The Morgan fingerprint density at radius 3 is 2.53 bits per heavy atom. The standard InChI is InChI=1S/C15H21NS/c16-11-15(9-12-8-13(12)10-15)6-7-17-14-4-2-1-3-5-14/h1-5,12-13H,6-11,16H2. The largest absolute Gasteiger partial charge is 0.330 e. The van der Waals surface area contributed by atoms with E-state index in [2.05, 4.69) is 30.3 Å². The van der Waals surface area contributed by atoms with E-state index < -0.39 is 0 Å². The molecule has 0 saturated heterocycles. The summed E-state index contributed by atoms with van der Waals surface area (Å²) in [6.45, 7) is 0.898. The molecule has 2 heteroatoms. The molecule has 2 atom stereocenters. The van der Waals surface area contributed by atoms with Crippen molar-refractivity contribution < 1.29 is 0 Å². The summed E-state index contributed by atoms with van der Waals surface area (Å²) in [5.41, 5.74) is 6.52. The van der Waals surface area contributed by atoms with Crippen molar-refractivity contribution in [3.05, 3.63) is 30.3 Å². The molecule has 2 saturated carbocycles. The zero-order valence-electron chi connectivity index (χ0n) is 10.3. The Hall–Kier alpha value is -0.470. The van der Waals surface area contributed by atoms with E-state index in [1.165, 1.54) is 36.3 Å². The molecule has 1 aromatic carbocycles. The summed E-state index contributed by atoms with van der Waals surface area (Å²) in [4.78, 5) is 1.39. The fraction of sp³-hybridized carbons (Fsp3) is 0.600. The summed E-state index contributed by atoms with van der Waals surface area (Å²) in [7, 11) is 0. The van der Waals surface area contributed by atoms with Gasteiger partial charge in [-0.3, -0.25) is 0 Å². The molecule has 0 aliphatic heterocycles. The third kappa shape index (κ3) is 2.53. The zero-order valence-corrected chi connectivity index (χ0v) is 11.1. The van der Waals surface area contributed by atoms with E-state index in [1.807, 2.05) is 11.8 Å². The van der Waals surface area contributed by atoms with Crippen LogP contribution in [0.25, 0.3) is 0 Å². The number of hydrogen-bond donors (Lipinski definition) is 1.